The molecule has 1 aromatic carbocycles. The largest absolute Gasteiger partial charge is 0.417 e. The molecule has 11 heteroatoms. The van der Waals surface area contributed by atoms with E-state index < -0.39 is 11.7 Å². The Morgan fingerprint density at radius 1 is 1.03 bits per heavy atom. The van der Waals surface area contributed by atoms with Crippen molar-refractivity contribution in [3.63, 3.8) is 0 Å². The van der Waals surface area contributed by atoms with Crippen molar-refractivity contribution < 1.29 is 22.5 Å². The zero-order chi connectivity index (χ0) is 23.9. The van der Waals surface area contributed by atoms with E-state index >= 15 is 0 Å². The summed E-state index contributed by atoms with van der Waals surface area (Å²) in [5.74, 6) is 0.264. The third kappa shape index (κ3) is 3.93. The minimum Gasteiger partial charge on any atom is -0.337 e. The van der Waals surface area contributed by atoms with Gasteiger partial charge in [-0.25, -0.2) is 15.0 Å². The Kier molecular flexibility index (Phi) is 5.39. The van der Waals surface area contributed by atoms with Crippen LogP contribution in [0.3, 0.4) is 0 Å². The number of hydrogen-bond acceptors (Lipinski definition) is 7. The summed E-state index contributed by atoms with van der Waals surface area (Å²) < 4.78 is 46.1. The van der Waals surface area contributed by atoms with Gasteiger partial charge in [-0.05, 0) is 25.1 Å². The lowest BCUT2D eigenvalue weighted by Crippen LogP contribution is -2.49. The molecule has 0 bridgehead atoms. The zero-order valence-corrected chi connectivity index (χ0v) is 18.1. The van der Waals surface area contributed by atoms with Crippen LogP contribution in [0.25, 0.3) is 22.4 Å². The van der Waals surface area contributed by atoms with E-state index in [4.69, 9.17) is 4.52 Å². The van der Waals surface area contributed by atoms with Crippen molar-refractivity contribution in [2.24, 2.45) is 0 Å². The molecule has 174 valence electrons. The van der Waals surface area contributed by atoms with Gasteiger partial charge < -0.3 is 14.3 Å². The molecule has 4 aromatic rings. The molecule has 1 fully saturated rings. The predicted octanol–water partition coefficient (Wildman–Crippen LogP) is 3.97. The molecular formula is C23H19F3N6O2. The van der Waals surface area contributed by atoms with Crippen molar-refractivity contribution >= 4 is 23.0 Å². The summed E-state index contributed by atoms with van der Waals surface area (Å²) in [4.78, 5) is 29.9. The number of amides is 1. The van der Waals surface area contributed by atoms with Gasteiger partial charge in [0.25, 0.3) is 11.6 Å². The molecule has 1 amide bonds. The second-order valence-electron chi connectivity index (χ2n) is 7.87. The van der Waals surface area contributed by atoms with Crippen molar-refractivity contribution in [2.45, 2.75) is 13.1 Å². The van der Waals surface area contributed by atoms with Gasteiger partial charge in [0, 0.05) is 44.1 Å². The van der Waals surface area contributed by atoms with Crippen LogP contribution in [-0.2, 0) is 6.18 Å². The second kappa shape index (κ2) is 8.40. The molecule has 0 N–H and O–H groups in total. The van der Waals surface area contributed by atoms with Crippen LogP contribution in [0.4, 0.5) is 19.1 Å². The van der Waals surface area contributed by atoms with E-state index in [0.717, 1.165) is 6.07 Å². The molecule has 1 aliphatic heterocycles. The summed E-state index contributed by atoms with van der Waals surface area (Å²) >= 11 is 0. The number of halogens is 3. The third-order valence-electron chi connectivity index (χ3n) is 5.76. The summed E-state index contributed by atoms with van der Waals surface area (Å²) in [6.45, 7) is 3.52. The number of alkyl halides is 3. The van der Waals surface area contributed by atoms with Crippen molar-refractivity contribution in [2.75, 3.05) is 31.1 Å². The maximum atomic E-state index is 13.6. The number of carbonyl (C=O) groups excluding carboxylic acids is 1. The summed E-state index contributed by atoms with van der Waals surface area (Å²) in [5.41, 5.74) is -0.306. The van der Waals surface area contributed by atoms with Gasteiger partial charge in [-0.1, -0.05) is 23.4 Å². The number of fused-ring (bicyclic) bond motifs is 1. The first-order chi connectivity index (χ1) is 16.3. The minimum atomic E-state index is -4.58. The van der Waals surface area contributed by atoms with Gasteiger partial charge in [0.1, 0.15) is 0 Å². The monoisotopic (exact) mass is 468 g/mol. The SMILES string of the molecule is Cc1noc2nc(-c3ccccc3C(F)(F)F)cc(C(=O)N3CCN(c4ncccn4)CC3)c12. The summed E-state index contributed by atoms with van der Waals surface area (Å²) in [6, 6.07) is 8.24. The molecule has 1 saturated heterocycles. The van der Waals surface area contributed by atoms with Gasteiger partial charge >= 0.3 is 6.18 Å². The molecule has 0 unspecified atom stereocenters. The summed E-state index contributed by atoms with van der Waals surface area (Å²) in [7, 11) is 0. The van der Waals surface area contributed by atoms with E-state index in [9.17, 15) is 18.0 Å². The maximum Gasteiger partial charge on any atom is 0.417 e. The normalized spacial score (nSPS) is 14.6. The van der Waals surface area contributed by atoms with Crippen LogP contribution >= 0.6 is 0 Å². The molecule has 0 spiro atoms. The molecular weight excluding hydrogens is 449 g/mol. The van der Waals surface area contributed by atoms with Crippen molar-refractivity contribution in [1.82, 2.24) is 25.0 Å². The minimum absolute atomic E-state index is 0.00348. The number of nitrogens with zero attached hydrogens (tertiary/aromatic N) is 6. The van der Waals surface area contributed by atoms with Crippen molar-refractivity contribution in [1.29, 1.82) is 0 Å². The van der Waals surface area contributed by atoms with Crippen LogP contribution in [0.5, 0.6) is 0 Å². The lowest BCUT2D eigenvalue weighted by Gasteiger charge is -2.34. The topological polar surface area (TPSA) is 88.3 Å². The fraction of sp³-hybridized carbons (Fsp3) is 0.261. The van der Waals surface area contributed by atoms with Gasteiger partial charge in [0.2, 0.25) is 5.95 Å². The number of aryl methyl sites for hydroxylation is 1. The second-order valence-corrected chi connectivity index (χ2v) is 7.87. The molecule has 1 aliphatic rings. The number of hydrogen-bond donors (Lipinski definition) is 0. The summed E-state index contributed by atoms with van der Waals surface area (Å²) in [6.07, 6.45) is -1.27. The molecule has 5 rings (SSSR count). The number of benzene rings is 1. The van der Waals surface area contributed by atoms with Gasteiger partial charge in [0.15, 0.2) is 0 Å². The standard InChI is InChI=1S/C23H19F3N6O2/c1-14-19-16(21(33)31-9-11-32(12-10-31)22-27-7-4-8-28-22)13-18(29-20(19)34-30-14)15-5-2-3-6-17(15)23(24,25)26/h2-8,13H,9-12H2,1H3. The van der Waals surface area contributed by atoms with E-state index in [1.54, 1.807) is 30.3 Å². The molecule has 0 aliphatic carbocycles. The Balaban J connectivity index is 1.51. The Hall–Kier alpha value is -4.02. The highest BCUT2D eigenvalue weighted by Crippen LogP contribution is 2.37. The molecule has 34 heavy (non-hydrogen) atoms. The zero-order valence-electron chi connectivity index (χ0n) is 18.1. The molecule has 0 atom stereocenters. The van der Waals surface area contributed by atoms with Crippen molar-refractivity contribution in [3.8, 4) is 11.3 Å². The highest BCUT2D eigenvalue weighted by molar-refractivity contribution is 6.07. The maximum absolute atomic E-state index is 13.6. The van der Waals surface area contributed by atoms with E-state index in [1.165, 1.54) is 24.3 Å². The first-order valence-corrected chi connectivity index (χ1v) is 10.6. The van der Waals surface area contributed by atoms with Crippen LogP contribution in [0.2, 0.25) is 0 Å². The van der Waals surface area contributed by atoms with Crippen LogP contribution < -0.4 is 4.90 Å². The number of piperazine rings is 1. The molecule has 0 radical (unpaired) electrons. The van der Waals surface area contributed by atoms with E-state index in [0.29, 0.717) is 43.2 Å². The smallest absolute Gasteiger partial charge is 0.337 e. The average molecular weight is 468 g/mol. The number of pyridine rings is 1. The van der Waals surface area contributed by atoms with Crippen LogP contribution in [0.15, 0.2) is 53.3 Å². The first kappa shape index (κ1) is 21.8. The van der Waals surface area contributed by atoms with E-state index in [2.05, 4.69) is 20.1 Å². The number of anilines is 1. The van der Waals surface area contributed by atoms with Crippen LogP contribution in [0.1, 0.15) is 21.6 Å². The molecule has 8 nitrogen and oxygen atoms in total. The average Bonchev–Trinajstić information content (AvgIpc) is 3.24. The predicted molar refractivity (Wildman–Crippen MR) is 117 cm³/mol. The highest BCUT2D eigenvalue weighted by atomic mass is 19.4. The Morgan fingerprint density at radius 2 is 1.74 bits per heavy atom. The molecule has 4 heterocycles. The molecule has 0 saturated carbocycles. The Labute approximate surface area is 192 Å². The van der Waals surface area contributed by atoms with Crippen molar-refractivity contribution in [3.05, 3.63) is 65.6 Å². The Bertz CT molecular complexity index is 1350. The van der Waals surface area contributed by atoms with Gasteiger partial charge in [-0.3, -0.25) is 4.79 Å². The highest BCUT2D eigenvalue weighted by Gasteiger charge is 2.34. The third-order valence-corrected chi connectivity index (χ3v) is 5.76. The fourth-order valence-corrected chi connectivity index (χ4v) is 4.09. The lowest BCUT2D eigenvalue weighted by molar-refractivity contribution is -0.137. The number of rotatable bonds is 3. The van der Waals surface area contributed by atoms with Crippen LogP contribution in [0, 0.1) is 6.92 Å². The Morgan fingerprint density at radius 3 is 2.44 bits per heavy atom. The quantitative estimate of drug-likeness (QED) is 0.450. The van der Waals surface area contributed by atoms with Gasteiger partial charge in [-0.2, -0.15) is 13.2 Å². The van der Waals surface area contributed by atoms with Gasteiger partial charge in [0.05, 0.1) is 27.9 Å². The fourth-order valence-electron chi connectivity index (χ4n) is 4.09. The number of carbonyl (C=O) groups is 1. The lowest BCUT2D eigenvalue weighted by atomic mass is 10.00. The van der Waals surface area contributed by atoms with Gasteiger partial charge in [-0.15, -0.1) is 0 Å². The molecule has 3 aromatic heterocycles. The van der Waals surface area contributed by atoms with E-state index in [1.807, 2.05) is 4.90 Å². The van der Waals surface area contributed by atoms with Crippen LogP contribution in [-0.4, -0.2) is 57.1 Å². The number of aromatic nitrogens is 4. The van der Waals surface area contributed by atoms with E-state index in [-0.39, 0.29) is 28.4 Å². The summed E-state index contributed by atoms with van der Waals surface area (Å²) in [5, 5.41) is 4.28. The first-order valence-electron chi connectivity index (χ1n) is 10.6.